The van der Waals surface area contributed by atoms with Gasteiger partial charge in [-0.2, -0.15) is 0 Å². The molecule has 1 heterocycles. The fraction of sp³-hybridized carbons (Fsp3) is 0.571. The zero-order valence-electron chi connectivity index (χ0n) is 11.2. The quantitative estimate of drug-likeness (QED) is 0.855. The van der Waals surface area contributed by atoms with Gasteiger partial charge < -0.3 is 20.1 Å². The molecule has 0 radical (unpaired) electrons. The number of nitrogens with two attached hydrogens (primary N) is 1. The molecule has 1 fully saturated rings. The molecule has 1 atom stereocenters. The molecule has 2 rings (SSSR count). The van der Waals surface area contributed by atoms with Crippen molar-refractivity contribution < 1.29 is 9.47 Å². The minimum absolute atomic E-state index is 0.350. The summed E-state index contributed by atoms with van der Waals surface area (Å²) < 4.78 is 10.6. The summed E-state index contributed by atoms with van der Waals surface area (Å²) in [4.78, 5) is 2.41. The highest BCUT2D eigenvalue weighted by atomic mass is 16.5. The minimum Gasteiger partial charge on any atom is -0.497 e. The highest BCUT2D eigenvalue weighted by Crippen LogP contribution is 2.25. The molecule has 1 saturated heterocycles. The molecule has 0 saturated carbocycles. The van der Waals surface area contributed by atoms with Crippen molar-refractivity contribution in [3.05, 3.63) is 23.8 Å². The highest BCUT2D eigenvalue weighted by molar-refractivity contribution is 5.40. The Morgan fingerprint density at radius 1 is 1.33 bits per heavy atom. The molecular weight excluding hydrogens is 228 g/mol. The Labute approximate surface area is 109 Å². The Balaban J connectivity index is 1.96. The summed E-state index contributed by atoms with van der Waals surface area (Å²) in [5.74, 6) is 1.73. The highest BCUT2D eigenvalue weighted by Gasteiger charge is 2.18. The summed E-state index contributed by atoms with van der Waals surface area (Å²) in [6, 6.07) is 6.34. The molecule has 100 valence electrons. The van der Waals surface area contributed by atoms with Crippen molar-refractivity contribution in [1.29, 1.82) is 0 Å². The molecule has 1 unspecified atom stereocenters. The molecule has 1 aliphatic rings. The topological polar surface area (TPSA) is 47.7 Å². The molecule has 0 amide bonds. The summed E-state index contributed by atoms with van der Waals surface area (Å²) in [5.41, 5.74) is 7.13. The van der Waals surface area contributed by atoms with Gasteiger partial charge in [0.1, 0.15) is 11.5 Å². The summed E-state index contributed by atoms with van der Waals surface area (Å²) in [6.45, 7) is 3.16. The van der Waals surface area contributed by atoms with E-state index in [4.69, 9.17) is 15.2 Å². The lowest BCUT2D eigenvalue weighted by atomic mass is 10.1. The number of likely N-dealkylation sites (tertiary alicyclic amines) is 1. The fourth-order valence-corrected chi connectivity index (χ4v) is 2.40. The lowest BCUT2D eigenvalue weighted by molar-refractivity contribution is 0.334. The van der Waals surface area contributed by atoms with Crippen molar-refractivity contribution in [3.8, 4) is 11.5 Å². The minimum atomic E-state index is 0.350. The molecule has 4 nitrogen and oxygen atoms in total. The Morgan fingerprint density at radius 3 is 2.78 bits per heavy atom. The van der Waals surface area contributed by atoms with Crippen LogP contribution in [0.2, 0.25) is 0 Å². The Kier molecular flexibility index (Phi) is 4.44. The first kappa shape index (κ1) is 13.2. The van der Waals surface area contributed by atoms with E-state index in [0.29, 0.717) is 6.04 Å². The normalized spacial score (nSPS) is 20.1. The van der Waals surface area contributed by atoms with Crippen LogP contribution in [0.1, 0.15) is 12.0 Å². The first-order chi connectivity index (χ1) is 8.72. The lowest BCUT2D eigenvalue weighted by Crippen LogP contribution is -2.28. The predicted octanol–water partition coefficient (Wildman–Crippen LogP) is 1.28. The van der Waals surface area contributed by atoms with Crippen LogP contribution in [0, 0.1) is 0 Å². The largest absolute Gasteiger partial charge is 0.497 e. The van der Waals surface area contributed by atoms with Gasteiger partial charge in [0.15, 0.2) is 0 Å². The van der Waals surface area contributed by atoms with Crippen LogP contribution < -0.4 is 15.2 Å². The van der Waals surface area contributed by atoms with Crippen molar-refractivity contribution in [2.45, 2.75) is 18.9 Å². The van der Waals surface area contributed by atoms with Gasteiger partial charge in [-0.15, -0.1) is 0 Å². The van der Waals surface area contributed by atoms with Crippen molar-refractivity contribution in [3.63, 3.8) is 0 Å². The van der Waals surface area contributed by atoms with E-state index in [1.54, 1.807) is 14.2 Å². The van der Waals surface area contributed by atoms with Gasteiger partial charge in [-0.05, 0) is 31.0 Å². The predicted molar refractivity (Wildman–Crippen MR) is 72.3 cm³/mol. The standard InChI is InChI=1S/C14H22N2O2/c1-17-13-4-3-11(14(9-13)18-2)5-7-16-8-6-12(15)10-16/h3-4,9,12H,5-8,10,15H2,1-2H3. The number of nitrogens with zero attached hydrogens (tertiary/aromatic N) is 1. The van der Waals surface area contributed by atoms with Gasteiger partial charge in [0.25, 0.3) is 0 Å². The summed E-state index contributed by atoms with van der Waals surface area (Å²) in [6.07, 6.45) is 2.10. The molecule has 2 N–H and O–H groups in total. The monoisotopic (exact) mass is 250 g/mol. The third-order valence-electron chi connectivity index (χ3n) is 3.50. The lowest BCUT2D eigenvalue weighted by Gasteiger charge is -2.16. The van der Waals surface area contributed by atoms with Gasteiger partial charge in [0, 0.05) is 25.2 Å². The maximum atomic E-state index is 5.91. The SMILES string of the molecule is COc1ccc(CCN2CCC(N)C2)c(OC)c1. The second kappa shape index (κ2) is 6.07. The van der Waals surface area contributed by atoms with Crippen LogP contribution in [0.3, 0.4) is 0 Å². The van der Waals surface area contributed by atoms with Crippen LogP contribution in [-0.4, -0.2) is 44.8 Å². The second-order valence-electron chi connectivity index (χ2n) is 4.78. The molecular formula is C14H22N2O2. The number of hydrogen-bond acceptors (Lipinski definition) is 4. The Hall–Kier alpha value is -1.26. The molecule has 0 aliphatic carbocycles. The zero-order chi connectivity index (χ0) is 13.0. The summed E-state index contributed by atoms with van der Waals surface area (Å²) >= 11 is 0. The van der Waals surface area contributed by atoms with Crippen molar-refractivity contribution in [2.75, 3.05) is 33.9 Å². The molecule has 4 heteroatoms. The smallest absolute Gasteiger partial charge is 0.125 e. The average molecular weight is 250 g/mol. The van der Waals surface area contributed by atoms with Gasteiger partial charge in [0.2, 0.25) is 0 Å². The molecule has 0 spiro atoms. The molecule has 18 heavy (non-hydrogen) atoms. The van der Waals surface area contributed by atoms with E-state index in [9.17, 15) is 0 Å². The van der Waals surface area contributed by atoms with Gasteiger partial charge in [-0.3, -0.25) is 0 Å². The maximum absolute atomic E-state index is 5.91. The van der Waals surface area contributed by atoms with E-state index >= 15 is 0 Å². The third kappa shape index (κ3) is 3.15. The zero-order valence-corrected chi connectivity index (χ0v) is 11.2. The van der Waals surface area contributed by atoms with E-state index in [1.165, 1.54) is 5.56 Å². The third-order valence-corrected chi connectivity index (χ3v) is 3.50. The van der Waals surface area contributed by atoms with Gasteiger partial charge in [-0.25, -0.2) is 0 Å². The van der Waals surface area contributed by atoms with E-state index in [-0.39, 0.29) is 0 Å². The average Bonchev–Trinajstić information content (AvgIpc) is 2.82. The van der Waals surface area contributed by atoms with Gasteiger partial charge >= 0.3 is 0 Å². The number of benzene rings is 1. The first-order valence-corrected chi connectivity index (χ1v) is 6.41. The van der Waals surface area contributed by atoms with Crippen LogP contribution in [0.15, 0.2) is 18.2 Å². The van der Waals surface area contributed by atoms with Crippen LogP contribution >= 0.6 is 0 Å². The van der Waals surface area contributed by atoms with E-state index in [2.05, 4.69) is 11.0 Å². The van der Waals surface area contributed by atoms with Crippen molar-refractivity contribution in [2.24, 2.45) is 5.73 Å². The van der Waals surface area contributed by atoms with Crippen LogP contribution in [0.25, 0.3) is 0 Å². The van der Waals surface area contributed by atoms with Gasteiger partial charge in [0.05, 0.1) is 14.2 Å². The van der Waals surface area contributed by atoms with Crippen molar-refractivity contribution >= 4 is 0 Å². The van der Waals surface area contributed by atoms with E-state index in [1.807, 2.05) is 12.1 Å². The molecule has 0 aromatic heterocycles. The molecule has 1 aromatic carbocycles. The number of hydrogen-bond donors (Lipinski definition) is 1. The summed E-state index contributed by atoms with van der Waals surface area (Å²) in [7, 11) is 3.37. The Morgan fingerprint density at radius 2 is 2.17 bits per heavy atom. The van der Waals surface area contributed by atoms with E-state index < -0.39 is 0 Å². The number of rotatable bonds is 5. The van der Waals surface area contributed by atoms with Crippen LogP contribution in [0.4, 0.5) is 0 Å². The fourth-order valence-electron chi connectivity index (χ4n) is 2.40. The maximum Gasteiger partial charge on any atom is 0.125 e. The molecule has 1 aliphatic heterocycles. The van der Waals surface area contributed by atoms with Gasteiger partial charge in [-0.1, -0.05) is 6.07 Å². The van der Waals surface area contributed by atoms with Crippen molar-refractivity contribution in [1.82, 2.24) is 4.90 Å². The second-order valence-corrected chi connectivity index (χ2v) is 4.78. The number of methoxy groups -OCH3 is 2. The van der Waals surface area contributed by atoms with E-state index in [0.717, 1.165) is 44.0 Å². The molecule has 1 aromatic rings. The number of ether oxygens (including phenoxy) is 2. The van der Waals surface area contributed by atoms with Crippen LogP contribution in [0.5, 0.6) is 11.5 Å². The molecule has 0 bridgehead atoms. The van der Waals surface area contributed by atoms with Crippen LogP contribution in [-0.2, 0) is 6.42 Å². The Bertz CT molecular complexity index is 395. The summed E-state index contributed by atoms with van der Waals surface area (Å²) in [5, 5.41) is 0. The first-order valence-electron chi connectivity index (χ1n) is 6.41.